The van der Waals surface area contributed by atoms with Crippen molar-refractivity contribution in [2.45, 2.75) is 83.0 Å². The number of ether oxygens (including phenoxy) is 1. The van der Waals surface area contributed by atoms with Gasteiger partial charge in [-0.1, -0.05) is 51.2 Å². The maximum absolute atomic E-state index is 9.47. The molecule has 2 saturated carbocycles. The molecule has 1 aromatic heterocycles. The van der Waals surface area contributed by atoms with Gasteiger partial charge in [0.2, 0.25) is 11.8 Å². The van der Waals surface area contributed by atoms with Crippen molar-refractivity contribution < 1.29 is 9.15 Å². The lowest BCUT2D eigenvalue weighted by atomic mass is 9.90. The van der Waals surface area contributed by atoms with Gasteiger partial charge in [0.05, 0.1) is 6.07 Å². The minimum atomic E-state index is -0.566. The van der Waals surface area contributed by atoms with Crippen molar-refractivity contribution in [3.05, 3.63) is 35.7 Å². The number of hydrogen-bond acceptors (Lipinski definition) is 5. The lowest BCUT2D eigenvalue weighted by Crippen LogP contribution is -2.13. The van der Waals surface area contributed by atoms with E-state index in [1.54, 1.807) is 0 Å². The third-order valence-corrected chi connectivity index (χ3v) is 7.07. The van der Waals surface area contributed by atoms with Gasteiger partial charge in [0, 0.05) is 18.8 Å². The number of aryl methyl sites for hydroxylation is 1. The lowest BCUT2D eigenvalue weighted by molar-refractivity contribution is 0.0824. The number of nitriles is 1. The molecule has 1 aromatic carbocycles. The zero-order chi connectivity index (χ0) is 21.5. The van der Waals surface area contributed by atoms with E-state index in [2.05, 4.69) is 35.3 Å². The number of unbranched alkanes of at least 4 members (excludes halogenated alkanes) is 3. The number of aromatic nitrogens is 2. The Labute approximate surface area is 186 Å². The van der Waals surface area contributed by atoms with E-state index in [0.717, 1.165) is 44.0 Å². The number of benzene rings is 1. The Bertz CT molecular complexity index is 881. The molecule has 2 atom stereocenters. The zero-order valence-corrected chi connectivity index (χ0v) is 18.8. The van der Waals surface area contributed by atoms with E-state index in [-0.39, 0.29) is 5.92 Å². The van der Waals surface area contributed by atoms with Crippen LogP contribution < -0.4 is 0 Å². The quantitative estimate of drug-likeness (QED) is 0.402. The average molecular weight is 422 g/mol. The van der Waals surface area contributed by atoms with Crippen LogP contribution in [0.1, 0.15) is 82.6 Å². The summed E-state index contributed by atoms with van der Waals surface area (Å²) in [7, 11) is 0. The van der Waals surface area contributed by atoms with Crippen LogP contribution >= 0.6 is 0 Å². The van der Waals surface area contributed by atoms with Crippen molar-refractivity contribution in [3.63, 3.8) is 0 Å². The fraction of sp³-hybridized carbons (Fsp3) is 0.654. The van der Waals surface area contributed by atoms with Crippen LogP contribution in [0.2, 0.25) is 0 Å². The third-order valence-electron chi connectivity index (χ3n) is 7.07. The maximum atomic E-state index is 9.47. The molecule has 1 unspecified atom stereocenters. The Balaban J connectivity index is 1.16. The molecule has 0 radical (unpaired) electrons. The van der Waals surface area contributed by atoms with Crippen molar-refractivity contribution in [3.8, 4) is 17.5 Å². The zero-order valence-electron chi connectivity index (χ0n) is 18.8. The van der Waals surface area contributed by atoms with Gasteiger partial charge in [0.15, 0.2) is 0 Å². The highest BCUT2D eigenvalue weighted by Crippen LogP contribution is 2.53. The molecular weight excluding hydrogens is 386 g/mol. The number of hydrogen-bond donors (Lipinski definition) is 0. The van der Waals surface area contributed by atoms with Gasteiger partial charge in [0.25, 0.3) is 0 Å². The van der Waals surface area contributed by atoms with Crippen LogP contribution in [0.4, 0.5) is 0 Å². The monoisotopic (exact) mass is 421 g/mol. The average Bonchev–Trinajstić information content (AvgIpc) is 3.23. The summed E-state index contributed by atoms with van der Waals surface area (Å²) in [5.74, 6) is 2.08. The molecular formula is C26H35N3O2. The SMILES string of the molecule is CC1C[C@@]1(C#N)c1nnc(-c2cccc(CCCCCCOCC3CCCCC3)c2)o1. The number of nitrogens with zero attached hydrogens (tertiary/aromatic N) is 3. The van der Waals surface area contributed by atoms with Crippen LogP contribution in [0.5, 0.6) is 0 Å². The molecule has 31 heavy (non-hydrogen) atoms. The van der Waals surface area contributed by atoms with Gasteiger partial charge < -0.3 is 9.15 Å². The molecule has 166 valence electrons. The minimum absolute atomic E-state index is 0.287. The molecule has 0 saturated heterocycles. The molecule has 2 fully saturated rings. The minimum Gasteiger partial charge on any atom is -0.419 e. The third kappa shape index (κ3) is 5.54. The predicted molar refractivity (Wildman–Crippen MR) is 120 cm³/mol. The van der Waals surface area contributed by atoms with Crippen LogP contribution in [0.3, 0.4) is 0 Å². The summed E-state index contributed by atoms with van der Waals surface area (Å²) in [5, 5.41) is 17.8. The second kappa shape index (κ2) is 10.4. The predicted octanol–water partition coefficient (Wildman–Crippen LogP) is 6.24. The summed E-state index contributed by atoms with van der Waals surface area (Å²) in [4.78, 5) is 0. The Morgan fingerprint density at radius 2 is 1.94 bits per heavy atom. The van der Waals surface area contributed by atoms with Gasteiger partial charge in [-0.2, -0.15) is 5.26 Å². The Morgan fingerprint density at radius 1 is 1.13 bits per heavy atom. The highest BCUT2D eigenvalue weighted by Gasteiger charge is 2.57. The van der Waals surface area contributed by atoms with E-state index in [1.165, 1.54) is 56.9 Å². The van der Waals surface area contributed by atoms with Crippen molar-refractivity contribution in [1.82, 2.24) is 10.2 Å². The first-order valence-corrected chi connectivity index (χ1v) is 12.1. The van der Waals surface area contributed by atoms with Gasteiger partial charge in [-0.25, -0.2) is 0 Å². The van der Waals surface area contributed by atoms with E-state index in [9.17, 15) is 5.26 Å². The summed E-state index contributed by atoms with van der Waals surface area (Å²) in [6.45, 7) is 3.93. The van der Waals surface area contributed by atoms with E-state index in [4.69, 9.17) is 9.15 Å². The summed E-state index contributed by atoms with van der Waals surface area (Å²) in [6.07, 6.45) is 13.6. The van der Waals surface area contributed by atoms with Crippen molar-refractivity contribution in [2.75, 3.05) is 13.2 Å². The van der Waals surface area contributed by atoms with E-state index < -0.39 is 5.41 Å². The van der Waals surface area contributed by atoms with Crippen molar-refractivity contribution in [2.24, 2.45) is 11.8 Å². The van der Waals surface area contributed by atoms with E-state index in [0.29, 0.717) is 11.8 Å². The van der Waals surface area contributed by atoms with Crippen molar-refractivity contribution >= 4 is 0 Å². The highest BCUT2D eigenvalue weighted by molar-refractivity contribution is 5.54. The molecule has 5 nitrogen and oxygen atoms in total. The Hall–Kier alpha value is -2.19. The number of rotatable bonds is 11. The van der Waals surface area contributed by atoms with Gasteiger partial charge in [-0.3, -0.25) is 0 Å². The molecule has 2 aliphatic rings. The molecule has 0 bridgehead atoms. The standard InChI is InChI=1S/C26H35N3O2/c1-20-17-26(20,19-27)25-29-28-24(31-25)23-14-9-13-21(16-23)10-5-2-3-8-15-30-18-22-11-6-4-7-12-22/h9,13-14,16,20,22H,2-8,10-12,15,17-18H2,1H3/t20?,26-/m0/s1. The van der Waals surface area contributed by atoms with Crippen LogP contribution in [-0.4, -0.2) is 23.4 Å². The highest BCUT2D eigenvalue weighted by atomic mass is 16.5. The Morgan fingerprint density at radius 3 is 2.71 bits per heavy atom. The van der Waals surface area contributed by atoms with Gasteiger partial charge in [0.1, 0.15) is 5.41 Å². The molecule has 4 rings (SSSR count). The largest absolute Gasteiger partial charge is 0.419 e. The first-order chi connectivity index (χ1) is 15.2. The summed E-state index contributed by atoms with van der Waals surface area (Å²) >= 11 is 0. The molecule has 0 spiro atoms. The Kier molecular flexibility index (Phi) is 7.40. The van der Waals surface area contributed by atoms with Crippen LogP contribution in [-0.2, 0) is 16.6 Å². The summed E-state index contributed by atoms with van der Waals surface area (Å²) < 4.78 is 11.8. The summed E-state index contributed by atoms with van der Waals surface area (Å²) in [5.41, 5.74) is 1.66. The maximum Gasteiger partial charge on any atom is 0.247 e. The first-order valence-electron chi connectivity index (χ1n) is 12.1. The van der Waals surface area contributed by atoms with Gasteiger partial charge in [-0.15, -0.1) is 10.2 Å². The smallest absolute Gasteiger partial charge is 0.247 e. The molecule has 2 aliphatic carbocycles. The fourth-order valence-electron chi connectivity index (χ4n) is 4.80. The molecule has 0 N–H and O–H groups in total. The fourth-order valence-corrected chi connectivity index (χ4v) is 4.80. The molecule has 0 amide bonds. The van der Waals surface area contributed by atoms with Crippen LogP contribution in [0.25, 0.3) is 11.5 Å². The second-order valence-corrected chi connectivity index (χ2v) is 9.54. The van der Waals surface area contributed by atoms with Crippen molar-refractivity contribution in [1.29, 1.82) is 5.26 Å². The van der Waals surface area contributed by atoms with Gasteiger partial charge >= 0.3 is 0 Å². The second-order valence-electron chi connectivity index (χ2n) is 9.54. The summed E-state index contributed by atoms with van der Waals surface area (Å²) in [6, 6.07) is 10.7. The first kappa shape index (κ1) is 22.0. The van der Waals surface area contributed by atoms with E-state index >= 15 is 0 Å². The van der Waals surface area contributed by atoms with E-state index in [1.807, 2.05) is 12.1 Å². The van der Waals surface area contributed by atoms with Crippen LogP contribution in [0.15, 0.2) is 28.7 Å². The van der Waals surface area contributed by atoms with Crippen LogP contribution in [0, 0.1) is 23.2 Å². The molecule has 1 heterocycles. The van der Waals surface area contributed by atoms with Gasteiger partial charge in [-0.05, 0) is 68.1 Å². The lowest BCUT2D eigenvalue weighted by Gasteiger charge is -2.21. The molecule has 5 heteroatoms. The topological polar surface area (TPSA) is 71.9 Å². The molecule has 2 aromatic rings. The molecule has 0 aliphatic heterocycles. The normalized spacial score (nSPS) is 23.5.